The van der Waals surface area contributed by atoms with Gasteiger partial charge in [-0.15, -0.1) is 0 Å². The zero-order chi connectivity index (χ0) is 18.6. The number of halogens is 2. The first-order valence-electron chi connectivity index (χ1n) is 9.27. The van der Waals surface area contributed by atoms with Crippen LogP contribution in [-0.2, 0) is 28.5 Å². The monoisotopic (exact) mass is 374 g/mol. The van der Waals surface area contributed by atoms with Crippen LogP contribution in [0.25, 0.3) is 0 Å². The maximum atomic E-state index is 12.8. The molecule has 0 radical (unpaired) electrons. The molecule has 2 atom stereocenters. The van der Waals surface area contributed by atoms with Gasteiger partial charge in [0.1, 0.15) is 12.2 Å². The number of hydrogen-bond acceptors (Lipinski definition) is 6. The molecular formula is C18H24F2O6. The first-order chi connectivity index (χ1) is 12.2. The van der Waals surface area contributed by atoms with E-state index in [1.54, 1.807) is 0 Å². The smallest absolute Gasteiger partial charge is 0.376 e. The molecule has 4 aliphatic carbocycles. The molecule has 4 bridgehead atoms. The standard InChI is InChI=1S/C18H24F2O6/c1-16(19,20)15(22)23-3-2-14(21)26-17-8-11-6-12(9-17)18(13(7-11)10-17)24-4-5-25-18/h11-13H,2-10H2,1H3. The van der Waals surface area contributed by atoms with Crippen LogP contribution in [0.2, 0.25) is 0 Å². The average molecular weight is 374 g/mol. The van der Waals surface area contributed by atoms with Gasteiger partial charge in [-0.2, -0.15) is 8.78 Å². The van der Waals surface area contributed by atoms with Crippen molar-refractivity contribution in [2.24, 2.45) is 17.8 Å². The van der Waals surface area contributed by atoms with Crippen LogP contribution < -0.4 is 0 Å². The van der Waals surface area contributed by atoms with Gasteiger partial charge in [0.15, 0.2) is 5.79 Å². The van der Waals surface area contributed by atoms with E-state index in [0.717, 1.165) is 19.3 Å². The molecule has 1 heterocycles. The number of rotatable bonds is 5. The van der Waals surface area contributed by atoms with Crippen molar-refractivity contribution >= 4 is 11.9 Å². The van der Waals surface area contributed by atoms with Crippen LogP contribution in [-0.4, -0.2) is 49.1 Å². The molecule has 6 nitrogen and oxygen atoms in total. The third kappa shape index (κ3) is 3.01. The van der Waals surface area contributed by atoms with Gasteiger partial charge >= 0.3 is 17.9 Å². The second-order valence-corrected chi connectivity index (χ2v) is 8.19. The van der Waals surface area contributed by atoms with Crippen LogP contribution in [0.4, 0.5) is 8.78 Å². The summed E-state index contributed by atoms with van der Waals surface area (Å²) >= 11 is 0. The molecular weight excluding hydrogens is 350 g/mol. The lowest BCUT2D eigenvalue weighted by Crippen LogP contribution is -2.65. The van der Waals surface area contributed by atoms with Crippen LogP contribution >= 0.6 is 0 Å². The number of hydrogen-bond donors (Lipinski definition) is 0. The third-order valence-corrected chi connectivity index (χ3v) is 6.24. The Bertz CT molecular complexity index is 577. The number of esters is 2. The van der Waals surface area contributed by atoms with Crippen molar-refractivity contribution in [2.45, 2.75) is 62.8 Å². The van der Waals surface area contributed by atoms with Crippen LogP contribution in [0.1, 0.15) is 45.4 Å². The maximum absolute atomic E-state index is 12.8. The SMILES string of the molecule is CC(F)(F)C(=O)OCCC(=O)OC12CC3CC(C1)C1(OCCO1)C(C3)C2. The fraction of sp³-hybridized carbons (Fsp3) is 0.889. The summed E-state index contributed by atoms with van der Waals surface area (Å²) in [6.07, 6.45) is 4.07. The predicted molar refractivity (Wildman–Crippen MR) is 83.2 cm³/mol. The van der Waals surface area contributed by atoms with Crippen molar-refractivity contribution in [3.63, 3.8) is 0 Å². The van der Waals surface area contributed by atoms with Gasteiger partial charge in [-0.1, -0.05) is 0 Å². The molecule has 1 aliphatic heterocycles. The molecule has 0 amide bonds. The number of carbonyl (C=O) groups is 2. The topological polar surface area (TPSA) is 71.1 Å². The molecule has 26 heavy (non-hydrogen) atoms. The fourth-order valence-electron chi connectivity index (χ4n) is 5.54. The Kier molecular flexibility index (Phi) is 4.26. The Hall–Kier alpha value is -1.28. The third-order valence-electron chi connectivity index (χ3n) is 6.24. The van der Waals surface area contributed by atoms with E-state index in [1.165, 1.54) is 0 Å². The number of carbonyl (C=O) groups excluding carboxylic acids is 2. The Morgan fingerprint density at radius 2 is 1.73 bits per heavy atom. The van der Waals surface area contributed by atoms with E-state index < -0.39 is 35.9 Å². The van der Waals surface area contributed by atoms with Crippen molar-refractivity contribution in [1.82, 2.24) is 0 Å². The van der Waals surface area contributed by atoms with Gasteiger partial charge in [0, 0.05) is 18.8 Å². The highest BCUT2D eigenvalue weighted by Crippen LogP contribution is 2.63. The number of alkyl halides is 2. The Morgan fingerprint density at radius 3 is 2.31 bits per heavy atom. The lowest BCUT2D eigenvalue weighted by atomic mass is 9.51. The molecule has 0 aromatic rings. The lowest BCUT2D eigenvalue weighted by molar-refractivity contribution is -0.315. The zero-order valence-electron chi connectivity index (χ0n) is 14.8. The molecule has 5 aliphatic rings. The normalized spacial score (nSPS) is 37.1. The van der Waals surface area contributed by atoms with E-state index >= 15 is 0 Å². The van der Waals surface area contributed by atoms with Crippen molar-refractivity contribution in [1.29, 1.82) is 0 Å². The van der Waals surface area contributed by atoms with Crippen LogP contribution in [0.5, 0.6) is 0 Å². The average Bonchev–Trinajstić information content (AvgIpc) is 3.01. The molecule has 0 aromatic heterocycles. The van der Waals surface area contributed by atoms with Crippen LogP contribution in [0.3, 0.4) is 0 Å². The molecule has 1 spiro atoms. The minimum Gasteiger partial charge on any atom is -0.461 e. The summed E-state index contributed by atoms with van der Waals surface area (Å²) in [5.41, 5.74) is -0.521. The summed E-state index contributed by atoms with van der Waals surface area (Å²) in [6, 6.07) is 0. The molecule has 0 aromatic carbocycles. The minimum absolute atomic E-state index is 0.221. The zero-order valence-corrected chi connectivity index (χ0v) is 14.8. The largest absolute Gasteiger partial charge is 0.461 e. The van der Waals surface area contributed by atoms with Crippen molar-refractivity contribution in [2.75, 3.05) is 19.8 Å². The summed E-state index contributed by atoms with van der Waals surface area (Å²) in [6.45, 7) is 1.28. The highest BCUT2D eigenvalue weighted by atomic mass is 19.3. The highest BCUT2D eigenvalue weighted by molar-refractivity contribution is 5.77. The van der Waals surface area contributed by atoms with E-state index in [4.69, 9.17) is 14.2 Å². The van der Waals surface area contributed by atoms with Gasteiger partial charge in [-0.25, -0.2) is 4.79 Å². The summed E-state index contributed by atoms with van der Waals surface area (Å²) < 4.78 is 47.7. The fourth-order valence-corrected chi connectivity index (χ4v) is 5.54. The Balaban J connectivity index is 1.34. The summed E-state index contributed by atoms with van der Waals surface area (Å²) in [4.78, 5) is 23.3. The van der Waals surface area contributed by atoms with Gasteiger partial charge in [0.2, 0.25) is 0 Å². The summed E-state index contributed by atoms with van der Waals surface area (Å²) in [5.74, 6) is -5.26. The summed E-state index contributed by atoms with van der Waals surface area (Å²) in [7, 11) is 0. The highest BCUT2D eigenvalue weighted by Gasteiger charge is 2.66. The molecule has 4 saturated carbocycles. The van der Waals surface area contributed by atoms with E-state index in [-0.39, 0.29) is 18.3 Å². The second-order valence-electron chi connectivity index (χ2n) is 8.19. The first kappa shape index (κ1) is 18.1. The van der Waals surface area contributed by atoms with Crippen molar-refractivity contribution in [3.8, 4) is 0 Å². The van der Waals surface area contributed by atoms with Gasteiger partial charge in [-0.3, -0.25) is 4.79 Å². The Labute approximate surface area is 150 Å². The molecule has 5 fully saturated rings. The molecule has 0 N–H and O–H groups in total. The molecule has 1 saturated heterocycles. The molecule has 2 unspecified atom stereocenters. The van der Waals surface area contributed by atoms with Gasteiger partial charge in [0.25, 0.3) is 0 Å². The molecule has 5 rings (SSSR count). The van der Waals surface area contributed by atoms with E-state index in [9.17, 15) is 18.4 Å². The minimum atomic E-state index is -3.56. The van der Waals surface area contributed by atoms with E-state index in [2.05, 4.69) is 4.74 Å². The van der Waals surface area contributed by atoms with Gasteiger partial charge < -0.3 is 18.9 Å². The van der Waals surface area contributed by atoms with Crippen molar-refractivity contribution in [3.05, 3.63) is 0 Å². The lowest BCUT2D eigenvalue weighted by Gasteiger charge is -2.61. The quantitative estimate of drug-likeness (QED) is 0.689. The second kappa shape index (κ2) is 6.12. The first-order valence-corrected chi connectivity index (χ1v) is 9.27. The predicted octanol–water partition coefficient (Wildman–Crippen LogP) is 2.44. The van der Waals surface area contributed by atoms with Crippen LogP contribution in [0, 0.1) is 17.8 Å². The molecule has 8 heteroatoms. The van der Waals surface area contributed by atoms with E-state index in [0.29, 0.717) is 38.9 Å². The van der Waals surface area contributed by atoms with Gasteiger partial charge in [-0.05, 0) is 38.0 Å². The van der Waals surface area contributed by atoms with Gasteiger partial charge in [0.05, 0.1) is 19.6 Å². The van der Waals surface area contributed by atoms with Crippen molar-refractivity contribution < 1.29 is 37.3 Å². The Morgan fingerprint density at radius 1 is 1.12 bits per heavy atom. The molecule has 146 valence electrons. The van der Waals surface area contributed by atoms with Crippen LogP contribution in [0.15, 0.2) is 0 Å². The number of ether oxygens (including phenoxy) is 4. The van der Waals surface area contributed by atoms with E-state index in [1.807, 2.05) is 0 Å². The maximum Gasteiger partial charge on any atom is 0.376 e. The summed E-state index contributed by atoms with van der Waals surface area (Å²) in [5, 5.41) is 0.